The fourth-order valence-corrected chi connectivity index (χ4v) is 1.45. The minimum atomic E-state index is -0.957. The van der Waals surface area contributed by atoms with Gasteiger partial charge in [0.05, 0.1) is 0 Å². The van der Waals surface area contributed by atoms with Gasteiger partial charge in [0.15, 0.2) is 0 Å². The molecule has 1 aliphatic rings. The van der Waals surface area contributed by atoms with Crippen LogP contribution in [-0.4, -0.2) is 16.9 Å². The molecule has 62 valence electrons. The van der Waals surface area contributed by atoms with Crippen LogP contribution in [0.4, 0.5) is 0 Å². The summed E-state index contributed by atoms with van der Waals surface area (Å²) in [5, 5.41) is 8.61. The summed E-state index contributed by atoms with van der Waals surface area (Å²) in [6.07, 6.45) is 1.81. The molecule has 0 spiro atoms. The lowest BCUT2D eigenvalue weighted by Gasteiger charge is -2.21. The lowest BCUT2D eigenvalue weighted by molar-refractivity contribution is -0.148. The number of carbonyl (C=O) groups excluding carboxylic acids is 1. The van der Waals surface area contributed by atoms with E-state index in [1.54, 1.807) is 0 Å². The molecule has 1 rings (SSSR count). The SMILES string of the molecule is CC1CCC(=O)C(C(=O)O)C1. The number of hydrogen-bond acceptors (Lipinski definition) is 2. The van der Waals surface area contributed by atoms with E-state index in [0.717, 1.165) is 6.42 Å². The van der Waals surface area contributed by atoms with E-state index in [4.69, 9.17) is 5.11 Å². The van der Waals surface area contributed by atoms with Crippen LogP contribution < -0.4 is 0 Å². The lowest BCUT2D eigenvalue weighted by atomic mass is 9.81. The Bertz CT molecular complexity index is 186. The van der Waals surface area contributed by atoms with Crippen LogP contribution in [0.3, 0.4) is 0 Å². The van der Waals surface area contributed by atoms with Crippen LogP contribution in [0.1, 0.15) is 26.2 Å². The molecule has 1 saturated carbocycles. The van der Waals surface area contributed by atoms with E-state index in [9.17, 15) is 9.59 Å². The van der Waals surface area contributed by atoms with Crippen LogP contribution in [0.15, 0.2) is 0 Å². The normalized spacial score (nSPS) is 31.9. The van der Waals surface area contributed by atoms with Gasteiger partial charge in [-0.05, 0) is 18.8 Å². The Morgan fingerprint density at radius 1 is 1.64 bits per heavy atom. The van der Waals surface area contributed by atoms with Gasteiger partial charge in [0.2, 0.25) is 0 Å². The average Bonchev–Trinajstić information content (AvgIpc) is 1.94. The number of ketones is 1. The number of hydrogen-bond donors (Lipinski definition) is 1. The molecule has 0 aromatic rings. The first-order valence-electron chi connectivity index (χ1n) is 3.86. The van der Waals surface area contributed by atoms with E-state index in [1.807, 2.05) is 6.92 Å². The Balaban J connectivity index is 2.61. The van der Waals surface area contributed by atoms with Crippen molar-refractivity contribution >= 4 is 11.8 Å². The summed E-state index contributed by atoms with van der Waals surface area (Å²) in [5.74, 6) is -1.40. The van der Waals surface area contributed by atoms with Crippen molar-refractivity contribution in [1.82, 2.24) is 0 Å². The topological polar surface area (TPSA) is 54.4 Å². The zero-order chi connectivity index (χ0) is 8.43. The van der Waals surface area contributed by atoms with Crippen molar-refractivity contribution in [2.45, 2.75) is 26.2 Å². The third-order valence-corrected chi connectivity index (χ3v) is 2.21. The molecule has 0 bridgehead atoms. The summed E-state index contributed by atoms with van der Waals surface area (Å²) in [6.45, 7) is 1.99. The molecular formula is C8H12O3. The first-order valence-corrected chi connectivity index (χ1v) is 3.86. The minimum Gasteiger partial charge on any atom is -0.481 e. The maximum Gasteiger partial charge on any atom is 0.314 e. The van der Waals surface area contributed by atoms with Crippen LogP contribution in [0, 0.1) is 11.8 Å². The zero-order valence-electron chi connectivity index (χ0n) is 6.54. The molecule has 0 amide bonds. The highest BCUT2D eigenvalue weighted by molar-refractivity contribution is 5.98. The quantitative estimate of drug-likeness (QED) is 0.578. The molecule has 11 heavy (non-hydrogen) atoms. The molecule has 0 heterocycles. The number of rotatable bonds is 1. The third kappa shape index (κ3) is 1.79. The van der Waals surface area contributed by atoms with Gasteiger partial charge in [-0.2, -0.15) is 0 Å². The summed E-state index contributed by atoms with van der Waals surface area (Å²) >= 11 is 0. The van der Waals surface area contributed by atoms with Crippen molar-refractivity contribution < 1.29 is 14.7 Å². The predicted molar refractivity (Wildman–Crippen MR) is 39.1 cm³/mol. The Morgan fingerprint density at radius 2 is 2.27 bits per heavy atom. The molecule has 1 N–H and O–H groups in total. The largest absolute Gasteiger partial charge is 0.481 e. The smallest absolute Gasteiger partial charge is 0.314 e. The van der Waals surface area contributed by atoms with Gasteiger partial charge < -0.3 is 5.11 Å². The highest BCUT2D eigenvalue weighted by atomic mass is 16.4. The Kier molecular flexibility index (Phi) is 2.27. The molecule has 0 radical (unpaired) electrons. The van der Waals surface area contributed by atoms with Crippen molar-refractivity contribution in [2.24, 2.45) is 11.8 Å². The number of aliphatic carboxylic acids is 1. The molecule has 3 heteroatoms. The molecule has 3 nitrogen and oxygen atoms in total. The van der Waals surface area contributed by atoms with Crippen LogP contribution in [0.5, 0.6) is 0 Å². The Morgan fingerprint density at radius 3 is 2.73 bits per heavy atom. The van der Waals surface area contributed by atoms with Gasteiger partial charge in [-0.3, -0.25) is 9.59 Å². The van der Waals surface area contributed by atoms with Crippen molar-refractivity contribution in [3.8, 4) is 0 Å². The van der Waals surface area contributed by atoms with Crippen LogP contribution >= 0.6 is 0 Å². The van der Waals surface area contributed by atoms with Crippen LogP contribution in [0.2, 0.25) is 0 Å². The number of Topliss-reactive ketones (excluding diaryl/α,β-unsaturated/α-hetero) is 1. The molecule has 2 atom stereocenters. The molecule has 2 unspecified atom stereocenters. The number of carboxylic acid groups (broad SMARTS) is 1. The molecule has 1 aliphatic carbocycles. The molecule has 0 aliphatic heterocycles. The highest BCUT2D eigenvalue weighted by Gasteiger charge is 2.31. The summed E-state index contributed by atoms with van der Waals surface area (Å²) in [7, 11) is 0. The molecule has 1 fully saturated rings. The van der Waals surface area contributed by atoms with E-state index in [2.05, 4.69) is 0 Å². The molecule has 0 aromatic carbocycles. The van der Waals surface area contributed by atoms with Crippen molar-refractivity contribution in [1.29, 1.82) is 0 Å². The van der Waals surface area contributed by atoms with E-state index < -0.39 is 11.9 Å². The summed E-state index contributed by atoms with van der Waals surface area (Å²) < 4.78 is 0. The van der Waals surface area contributed by atoms with Crippen molar-refractivity contribution in [3.05, 3.63) is 0 Å². The highest BCUT2D eigenvalue weighted by Crippen LogP contribution is 2.25. The fraction of sp³-hybridized carbons (Fsp3) is 0.750. The molecule has 0 saturated heterocycles. The molecular weight excluding hydrogens is 144 g/mol. The van der Waals surface area contributed by atoms with E-state index in [0.29, 0.717) is 18.8 Å². The number of carboxylic acids is 1. The lowest BCUT2D eigenvalue weighted by Crippen LogP contribution is -2.30. The summed E-state index contributed by atoms with van der Waals surface area (Å²) in [5.41, 5.74) is 0. The summed E-state index contributed by atoms with van der Waals surface area (Å²) in [6, 6.07) is 0. The average molecular weight is 156 g/mol. The van der Waals surface area contributed by atoms with Crippen molar-refractivity contribution in [2.75, 3.05) is 0 Å². The van der Waals surface area contributed by atoms with E-state index in [-0.39, 0.29) is 5.78 Å². The van der Waals surface area contributed by atoms with Gasteiger partial charge >= 0.3 is 5.97 Å². The third-order valence-electron chi connectivity index (χ3n) is 2.21. The standard InChI is InChI=1S/C8H12O3/c1-5-2-3-7(9)6(4-5)8(10)11/h5-6H,2-4H2,1H3,(H,10,11). The van der Waals surface area contributed by atoms with Gasteiger partial charge in [0, 0.05) is 6.42 Å². The van der Waals surface area contributed by atoms with Gasteiger partial charge in [0.1, 0.15) is 11.7 Å². The summed E-state index contributed by atoms with van der Waals surface area (Å²) in [4.78, 5) is 21.5. The monoisotopic (exact) mass is 156 g/mol. The minimum absolute atomic E-state index is 0.101. The maximum absolute atomic E-state index is 11.0. The molecule has 0 aromatic heterocycles. The second-order valence-electron chi connectivity index (χ2n) is 3.24. The zero-order valence-corrected chi connectivity index (χ0v) is 6.54. The first kappa shape index (κ1) is 8.24. The van der Waals surface area contributed by atoms with Gasteiger partial charge in [0.25, 0.3) is 0 Å². The van der Waals surface area contributed by atoms with Crippen molar-refractivity contribution in [3.63, 3.8) is 0 Å². The van der Waals surface area contributed by atoms with E-state index in [1.165, 1.54) is 0 Å². The fourth-order valence-electron chi connectivity index (χ4n) is 1.45. The van der Waals surface area contributed by atoms with Gasteiger partial charge in [-0.1, -0.05) is 6.92 Å². The van der Waals surface area contributed by atoms with Crippen LogP contribution in [-0.2, 0) is 9.59 Å². The Labute approximate surface area is 65.4 Å². The van der Waals surface area contributed by atoms with Gasteiger partial charge in [-0.25, -0.2) is 0 Å². The Hall–Kier alpha value is -0.860. The maximum atomic E-state index is 11.0. The second-order valence-corrected chi connectivity index (χ2v) is 3.24. The van der Waals surface area contributed by atoms with Crippen LogP contribution in [0.25, 0.3) is 0 Å². The van der Waals surface area contributed by atoms with E-state index >= 15 is 0 Å². The van der Waals surface area contributed by atoms with Gasteiger partial charge in [-0.15, -0.1) is 0 Å². The first-order chi connectivity index (χ1) is 5.11. The predicted octanol–water partition coefficient (Wildman–Crippen LogP) is 1.08. The number of carbonyl (C=O) groups is 2. The second kappa shape index (κ2) is 3.03.